The zero-order valence-corrected chi connectivity index (χ0v) is 12.0. The molecule has 1 saturated carbocycles. The van der Waals surface area contributed by atoms with E-state index in [9.17, 15) is 18.0 Å². The molecule has 0 heterocycles. The Morgan fingerprint density at radius 1 is 1.21 bits per heavy atom. The van der Waals surface area contributed by atoms with E-state index in [1.807, 2.05) is 13.8 Å². The minimum atomic E-state index is -4.11. The summed E-state index contributed by atoms with van der Waals surface area (Å²) in [5.41, 5.74) is 5.68. The number of carbonyl (C=O) groups is 1. The second-order valence-corrected chi connectivity index (χ2v) is 5.37. The lowest BCUT2D eigenvalue weighted by atomic mass is 9.85. The summed E-state index contributed by atoms with van der Waals surface area (Å²) in [4.78, 5) is 11.7. The Morgan fingerprint density at radius 2 is 1.68 bits per heavy atom. The van der Waals surface area contributed by atoms with Gasteiger partial charge in [0.25, 0.3) is 0 Å². The van der Waals surface area contributed by atoms with Crippen molar-refractivity contribution in [3.05, 3.63) is 0 Å². The van der Waals surface area contributed by atoms with Gasteiger partial charge in [-0.25, -0.2) is 0 Å². The van der Waals surface area contributed by atoms with E-state index in [1.165, 1.54) is 0 Å². The number of amides is 1. The van der Waals surface area contributed by atoms with Gasteiger partial charge >= 0.3 is 6.18 Å². The van der Waals surface area contributed by atoms with Crippen LogP contribution in [-0.2, 0) is 4.79 Å². The fourth-order valence-corrected chi connectivity index (χ4v) is 2.17. The van der Waals surface area contributed by atoms with Crippen molar-refractivity contribution < 1.29 is 18.0 Å². The maximum absolute atomic E-state index is 12.5. The number of halogens is 4. The number of hydrogen-bond donors (Lipinski definition) is 2. The molecule has 1 amide bonds. The highest BCUT2D eigenvalue weighted by molar-refractivity contribution is 5.85. The molecule has 19 heavy (non-hydrogen) atoms. The SMILES string of the molecule is CC(C)[C@@H](N)C(=O)NC1CCC(C(F)(F)F)CC1.Cl. The minimum Gasteiger partial charge on any atom is -0.352 e. The van der Waals surface area contributed by atoms with Gasteiger partial charge in [-0.1, -0.05) is 13.8 Å². The molecule has 0 aromatic heterocycles. The molecule has 0 bridgehead atoms. The summed E-state index contributed by atoms with van der Waals surface area (Å²) in [6.07, 6.45) is -3.18. The van der Waals surface area contributed by atoms with Crippen LogP contribution in [0, 0.1) is 11.8 Å². The summed E-state index contributed by atoms with van der Waals surface area (Å²) < 4.78 is 37.4. The molecule has 3 nitrogen and oxygen atoms in total. The second kappa shape index (κ2) is 7.33. The largest absolute Gasteiger partial charge is 0.391 e. The van der Waals surface area contributed by atoms with Crippen molar-refractivity contribution >= 4 is 18.3 Å². The Kier molecular flexibility index (Phi) is 7.15. The highest BCUT2D eigenvalue weighted by Crippen LogP contribution is 2.37. The molecule has 0 unspecified atom stereocenters. The lowest BCUT2D eigenvalue weighted by molar-refractivity contribution is -0.182. The van der Waals surface area contributed by atoms with E-state index >= 15 is 0 Å². The van der Waals surface area contributed by atoms with Crippen molar-refractivity contribution in [2.24, 2.45) is 17.6 Å². The fourth-order valence-electron chi connectivity index (χ4n) is 2.17. The van der Waals surface area contributed by atoms with Crippen LogP contribution in [0.1, 0.15) is 39.5 Å². The molecule has 0 radical (unpaired) electrons. The molecule has 7 heteroatoms. The lowest BCUT2D eigenvalue weighted by Gasteiger charge is -2.31. The van der Waals surface area contributed by atoms with Gasteiger partial charge in [-0.15, -0.1) is 12.4 Å². The number of carbonyl (C=O) groups excluding carboxylic acids is 1. The van der Waals surface area contributed by atoms with Crippen molar-refractivity contribution in [3.8, 4) is 0 Å². The fraction of sp³-hybridized carbons (Fsp3) is 0.917. The van der Waals surface area contributed by atoms with Crippen molar-refractivity contribution in [1.82, 2.24) is 5.32 Å². The van der Waals surface area contributed by atoms with Crippen LogP contribution in [0.15, 0.2) is 0 Å². The zero-order valence-electron chi connectivity index (χ0n) is 11.2. The predicted molar refractivity (Wildman–Crippen MR) is 70.0 cm³/mol. The van der Waals surface area contributed by atoms with Gasteiger partial charge in [-0.2, -0.15) is 13.2 Å². The van der Waals surface area contributed by atoms with Crippen LogP contribution in [0.4, 0.5) is 13.2 Å². The highest BCUT2D eigenvalue weighted by atomic mass is 35.5. The third-order valence-corrected chi connectivity index (χ3v) is 3.56. The first-order valence-corrected chi connectivity index (χ1v) is 6.34. The van der Waals surface area contributed by atoms with Gasteiger partial charge in [-0.3, -0.25) is 4.79 Å². The van der Waals surface area contributed by atoms with Crippen LogP contribution in [-0.4, -0.2) is 24.2 Å². The average Bonchev–Trinajstić information content (AvgIpc) is 2.27. The zero-order chi connectivity index (χ0) is 13.9. The number of nitrogens with two attached hydrogens (primary N) is 1. The van der Waals surface area contributed by atoms with E-state index in [2.05, 4.69) is 5.32 Å². The van der Waals surface area contributed by atoms with Crippen LogP contribution in [0.5, 0.6) is 0 Å². The van der Waals surface area contributed by atoms with E-state index < -0.39 is 18.1 Å². The third kappa shape index (κ3) is 5.57. The average molecular weight is 303 g/mol. The van der Waals surface area contributed by atoms with Crippen molar-refractivity contribution in [3.63, 3.8) is 0 Å². The van der Waals surface area contributed by atoms with Crippen LogP contribution in [0.2, 0.25) is 0 Å². The maximum Gasteiger partial charge on any atom is 0.391 e. The quantitative estimate of drug-likeness (QED) is 0.842. The van der Waals surface area contributed by atoms with Gasteiger partial charge in [0.15, 0.2) is 0 Å². The topological polar surface area (TPSA) is 55.1 Å². The molecule has 3 N–H and O–H groups in total. The molecular formula is C12H22ClF3N2O. The third-order valence-electron chi connectivity index (χ3n) is 3.56. The van der Waals surface area contributed by atoms with Gasteiger partial charge in [0.2, 0.25) is 5.91 Å². The normalized spacial score (nSPS) is 25.6. The number of rotatable bonds is 3. The van der Waals surface area contributed by atoms with Crippen LogP contribution >= 0.6 is 12.4 Å². The van der Waals surface area contributed by atoms with Gasteiger partial charge in [0, 0.05) is 6.04 Å². The molecule has 0 aliphatic heterocycles. The van der Waals surface area contributed by atoms with Gasteiger partial charge < -0.3 is 11.1 Å². The monoisotopic (exact) mass is 302 g/mol. The molecule has 0 spiro atoms. The standard InChI is InChI=1S/C12H21F3N2O.ClH/c1-7(2)10(16)11(18)17-9-5-3-8(4-6-9)12(13,14)15;/h7-10H,3-6,16H2,1-2H3,(H,17,18);1H/t8?,9?,10-;/m1./s1. The molecule has 0 aromatic carbocycles. The van der Waals surface area contributed by atoms with E-state index in [-0.39, 0.29) is 43.1 Å². The summed E-state index contributed by atoms with van der Waals surface area (Å²) in [5.74, 6) is -1.46. The van der Waals surface area contributed by atoms with Crippen molar-refractivity contribution in [1.29, 1.82) is 0 Å². The van der Waals surface area contributed by atoms with Crippen molar-refractivity contribution in [2.45, 2.75) is 57.8 Å². The van der Waals surface area contributed by atoms with Crippen molar-refractivity contribution in [2.75, 3.05) is 0 Å². The molecule has 1 fully saturated rings. The van der Waals surface area contributed by atoms with Crippen LogP contribution < -0.4 is 11.1 Å². The Bertz CT molecular complexity index is 289. The molecule has 0 aromatic rings. The van der Waals surface area contributed by atoms with Gasteiger partial charge in [0.05, 0.1) is 12.0 Å². The Balaban J connectivity index is 0.00000324. The van der Waals surface area contributed by atoms with Gasteiger partial charge in [-0.05, 0) is 31.6 Å². The summed E-state index contributed by atoms with van der Waals surface area (Å²) >= 11 is 0. The first-order valence-electron chi connectivity index (χ1n) is 6.34. The van der Waals surface area contributed by atoms with E-state index in [1.54, 1.807) is 0 Å². The minimum absolute atomic E-state index is 0. The number of nitrogens with one attached hydrogen (secondary N) is 1. The van der Waals surface area contributed by atoms with E-state index in [4.69, 9.17) is 5.73 Å². The Labute approximate surface area is 117 Å². The predicted octanol–water partition coefficient (Wildman–Crippen LogP) is 2.63. The number of alkyl halides is 3. The first-order chi connectivity index (χ1) is 8.21. The lowest BCUT2D eigenvalue weighted by Crippen LogP contribution is -2.49. The molecular weight excluding hydrogens is 281 g/mol. The molecule has 1 aliphatic carbocycles. The van der Waals surface area contributed by atoms with E-state index in [0.29, 0.717) is 12.8 Å². The molecule has 1 atom stereocenters. The van der Waals surface area contributed by atoms with Gasteiger partial charge in [0.1, 0.15) is 0 Å². The highest BCUT2D eigenvalue weighted by Gasteiger charge is 2.41. The summed E-state index contributed by atoms with van der Waals surface area (Å²) in [7, 11) is 0. The molecule has 114 valence electrons. The number of hydrogen-bond acceptors (Lipinski definition) is 2. The van der Waals surface area contributed by atoms with Crippen LogP contribution in [0.3, 0.4) is 0 Å². The van der Waals surface area contributed by atoms with E-state index in [0.717, 1.165) is 0 Å². The molecule has 0 saturated heterocycles. The Hall–Kier alpha value is -0.490. The summed E-state index contributed by atoms with van der Waals surface area (Å²) in [6, 6.07) is -0.758. The maximum atomic E-state index is 12.5. The summed E-state index contributed by atoms with van der Waals surface area (Å²) in [6.45, 7) is 3.68. The first kappa shape index (κ1) is 18.5. The van der Waals surface area contributed by atoms with Crippen LogP contribution in [0.25, 0.3) is 0 Å². The molecule has 1 rings (SSSR count). The smallest absolute Gasteiger partial charge is 0.352 e. The summed E-state index contributed by atoms with van der Waals surface area (Å²) in [5, 5.41) is 2.74. The second-order valence-electron chi connectivity index (χ2n) is 5.37. The Morgan fingerprint density at radius 3 is 2.05 bits per heavy atom. The molecule has 1 aliphatic rings.